The van der Waals surface area contributed by atoms with Crippen molar-refractivity contribution in [3.63, 3.8) is 0 Å². The average molecular weight is 293 g/mol. The predicted octanol–water partition coefficient (Wildman–Crippen LogP) is 2.64. The Hall–Kier alpha value is -1.40. The highest BCUT2D eigenvalue weighted by Gasteiger charge is 2.25. The van der Waals surface area contributed by atoms with Crippen LogP contribution in [0.1, 0.15) is 45.9 Å². The smallest absolute Gasteiger partial charge is 0.158 e. The number of aromatic nitrogens is 2. The molecule has 2 unspecified atom stereocenters. The van der Waals surface area contributed by atoms with Crippen molar-refractivity contribution in [2.24, 2.45) is 0 Å². The van der Waals surface area contributed by atoms with E-state index in [2.05, 4.69) is 46.5 Å². The van der Waals surface area contributed by atoms with Crippen LogP contribution in [0.3, 0.4) is 0 Å². The first-order valence-electron chi connectivity index (χ1n) is 7.79. The first kappa shape index (κ1) is 16.0. The van der Waals surface area contributed by atoms with Crippen molar-refractivity contribution in [2.75, 3.05) is 24.4 Å². The van der Waals surface area contributed by atoms with Gasteiger partial charge < -0.3 is 15.5 Å². The van der Waals surface area contributed by atoms with Gasteiger partial charge in [-0.2, -0.15) is 0 Å². The van der Waals surface area contributed by atoms with E-state index in [1.165, 1.54) is 19.3 Å². The summed E-state index contributed by atoms with van der Waals surface area (Å²) in [6.07, 6.45) is 3.72. The highest BCUT2D eigenvalue weighted by atomic mass is 16.5. The molecule has 6 nitrogen and oxygen atoms in total. The Balaban J connectivity index is 2.17. The molecule has 1 fully saturated rings. The van der Waals surface area contributed by atoms with Gasteiger partial charge in [0.05, 0.1) is 0 Å². The van der Waals surface area contributed by atoms with E-state index >= 15 is 0 Å². The highest BCUT2D eigenvalue weighted by molar-refractivity contribution is 5.47. The Morgan fingerprint density at radius 3 is 2.52 bits per heavy atom. The zero-order valence-electron chi connectivity index (χ0n) is 13.5. The van der Waals surface area contributed by atoms with Crippen molar-refractivity contribution in [2.45, 2.75) is 58.7 Å². The van der Waals surface area contributed by atoms with Gasteiger partial charge in [0.25, 0.3) is 0 Å². The molecule has 0 saturated carbocycles. The summed E-state index contributed by atoms with van der Waals surface area (Å²) in [6.45, 7) is 7.81. The fraction of sp³-hybridized carbons (Fsp3) is 0.733. The van der Waals surface area contributed by atoms with E-state index in [4.69, 9.17) is 4.74 Å². The van der Waals surface area contributed by atoms with Gasteiger partial charge >= 0.3 is 0 Å². The highest BCUT2D eigenvalue weighted by Crippen LogP contribution is 2.23. The standard InChI is InChI=1S/C15H27N5O/c1-5-16-13-9-14(18-15(17-13)10-21-4)19-20-11(2)7-6-8-12(20)3/h9,11-12H,5-8,10H2,1-4H3,(H2,16,17,18,19). The minimum Gasteiger partial charge on any atom is -0.377 e. The second-order valence-electron chi connectivity index (χ2n) is 5.67. The molecule has 0 spiro atoms. The van der Waals surface area contributed by atoms with Crippen LogP contribution in [0.25, 0.3) is 0 Å². The van der Waals surface area contributed by atoms with Crippen LogP contribution in [0.5, 0.6) is 0 Å². The van der Waals surface area contributed by atoms with Crippen molar-refractivity contribution in [3.05, 3.63) is 11.9 Å². The van der Waals surface area contributed by atoms with E-state index in [9.17, 15) is 0 Å². The van der Waals surface area contributed by atoms with Gasteiger partial charge in [-0.1, -0.05) is 6.42 Å². The third-order valence-corrected chi connectivity index (χ3v) is 3.84. The quantitative estimate of drug-likeness (QED) is 0.841. The third-order valence-electron chi connectivity index (χ3n) is 3.84. The fourth-order valence-electron chi connectivity index (χ4n) is 2.79. The molecule has 0 amide bonds. The molecular weight excluding hydrogens is 266 g/mol. The summed E-state index contributed by atoms with van der Waals surface area (Å²) in [5.74, 6) is 2.35. The van der Waals surface area contributed by atoms with Gasteiger partial charge in [0.15, 0.2) is 5.82 Å². The van der Waals surface area contributed by atoms with Crippen LogP contribution in [0.4, 0.5) is 11.6 Å². The molecule has 0 bridgehead atoms. The van der Waals surface area contributed by atoms with E-state index in [1.807, 2.05) is 6.07 Å². The molecule has 1 aliphatic rings. The van der Waals surface area contributed by atoms with Crippen molar-refractivity contribution < 1.29 is 4.74 Å². The second-order valence-corrected chi connectivity index (χ2v) is 5.67. The van der Waals surface area contributed by atoms with E-state index in [1.54, 1.807) is 7.11 Å². The number of methoxy groups -OCH3 is 1. The summed E-state index contributed by atoms with van der Waals surface area (Å²) in [5, 5.41) is 5.54. The van der Waals surface area contributed by atoms with E-state index in [0.717, 1.165) is 18.2 Å². The summed E-state index contributed by atoms with van der Waals surface area (Å²) in [4.78, 5) is 8.98. The zero-order valence-corrected chi connectivity index (χ0v) is 13.5. The maximum absolute atomic E-state index is 5.15. The fourth-order valence-corrected chi connectivity index (χ4v) is 2.79. The van der Waals surface area contributed by atoms with Gasteiger partial charge in [0, 0.05) is 31.8 Å². The summed E-state index contributed by atoms with van der Waals surface area (Å²) in [7, 11) is 1.66. The molecule has 0 radical (unpaired) electrons. The lowest BCUT2D eigenvalue weighted by Gasteiger charge is -2.39. The Kier molecular flexibility index (Phi) is 5.76. The summed E-state index contributed by atoms with van der Waals surface area (Å²) >= 11 is 0. The Bertz CT molecular complexity index is 419. The van der Waals surface area contributed by atoms with Crippen molar-refractivity contribution in [1.82, 2.24) is 15.0 Å². The molecule has 6 heteroatoms. The van der Waals surface area contributed by atoms with Crippen molar-refractivity contribution in [3.8, 4) is 0 Å². The molecule has 0 aromatic carbocycles. The molecule has 0 aliphatic carbocycles. The van der Waals surface area contributed by atoms with Gasteiger partial charge in [-0.15, -0.1) is 0 Å². The second kappa shape index (κ2) is 7.56. The Morgan fingerprint density at radius 2 is 1.90 bits per heavy atom. The lowest BCUT2D eigenvalue weighted by Crippen LogP contribution is -2.47. The summed E-state index contributed by atoms with van der Waals surface area (Å²) < 4.78 is 5.15. The number of rotatable bonds is 6. The topological polar surface area (TPSA) is 62.3 Å². The van der Waals surface area contributed by atoms with E-state index in [0.29, 0.717) is 24.5 Å². The molecule has 1 saturated heterocycles. The first-order chi connectivity index (χ1) is 10.1. The number of hydrogen-bond donors (Lipinski definition) is 2. The Morgan fingerprint density at radius 1 is 1.24 bits per heavy atom. The number of anilines is 2. The van der Waals surface area contributed by atoms with Crippen LogP contribution < -0.4 is 10.7 Å². The van der Waals surface area contributed by atoms with E-state index in [-0.39, 0.29) is 0 Å². The third kappa shape index (κ3) is 4.28. The largest absolute Gasteiger partial charge is 0.377 e. The minimum absolute atomic E-state index is 0.416. The van der Waals surface area contributed by atoms with Crippen LogP contribution in [0.15, 0.2) is 6.07 Å². The molecule has 2 atom stereocenters. The molecule has 1 aromatic rings. The van der Waals surface area contributed by atoms with Crippen LogP contribution in [0.2, 0.25) is 0 Å². The molecule has 1 aromatic heterocycles. The lowest BCUT2D eigenvalue weighted by molar-refractivity contribution is 0.134. The van der Waals surface area contributed by atoms with Gasteiger partial charge in [-0.05, 0) is 33.6 Å². The van der Waals surface area contributed by atoms with Crippen LogP contribution in [-0.2, 0) is 11.3 Å². The number of nitrogens with one attached hydrogen (secondary N) is 2. The SMILES string of the molecule is CCNc1cc(NN2C(C)CCCC2C)nc(COC)n1. The van der Waals surface area contributed by atoms with Crippen LogP contribution in [-0.4, -0.2) is 40.7 Å². The zero-order chi connectivity index (χ0) is 15.2. The number of nitrogens with zero attached hydrogens (tertiary/aromatic N) is 3. The molecule has 2 rings (SSSR count). The number of piperidine rings is 1. The molecule has 2 N–H and O–H groups in total. The molecular formula is C15H27N5O. The summed E-state index contributed by atoms with van der Waals surface area (Å²) in [5.41, 5.74) is 3.46. The lowest BCUT2D eigenvalue weighted by atomic mass is 10.00. The van der Waals surface area contributed by atoms with Crippen molar-refractivity contribution >= 4 is 11.6 Å². The van der Waals surface area contributed by atoms with Gasteiger partial charge in [0.1, 0.15) is 18.2 Å². The number of hydrogen-bond acceptors (Lipinski definition) is 6. The van der Waals surface area contributed by atoms with Crippen LogP contribution >= 0.6 is 0 Å². The van der Waals surface area contributed by atoms with E-state index < -0.39 is 0 Å². The van der Waals surface area contributed by atoms with Gasteiger partial charge in [0.2, 0.25) is 0 Å². The maximum Gasteiger partial charge on any atom is 0.158 e. The maximum atomic E-state index is 5.15. The monoisotopic (exact) mass is 293 g/mol. The minimum atomic E-state index is 0.416. The molecule has 118 valence electrons. The molecule has 2 heterocycles. The van der Waals surface area contributed by atoms with Gasteiger partial charge in [-0.25, -0.2) is 15.0 Å². The summed E-state index contributed by atoms with van der Waals surface area (Å²) in [6, 6.07) is 2.98. The van der Waals surface area contributed by atoms with Crippen LogP contribution in [0, 0.1) is 0 Å². The molecule has 1 aliphatic heterocycles. The molecule has 21 heavy (non-hydrogen) atoms. The van der Waals surface area contributed by atoms with Gasteiger partial charge in [-0.3, -0.25) is 0 Å². The Labute approximate surface area is 127 Å². The predicted molar refractivity (Wildman–Crippen MR) is 85.1 cm³/mol. The average Bonchev–Trinajstić information content (AvgIpc) is 2.44. The van der Waals surface area contributed by atoms with Crippen molar-refractivity contribution in [1.29, 1.82) is 0 Å². The normalized spacial score (nSPS) is 23.0. The number of hydrazine groups is 1. The number of ether oxygens (including phenoxy) is 1. The first-order valence-corrected chi connectivity index (χ1v) is 7.79.